The molecule has 1 aromatic heterocycles. The first-order valence-corrected chi connectivity index (χ1v) is 6.40. The van der Waals surface area contributed by atoms with Crippen molar-refractivity contribution in [1.82, 2.24) is 10.3 Å². The van der Waals surface area contributed by atoms with E-state index in [1.807, 2.05) is 37.3 Å². The second-order valence-corrected chi connectivity index (χ2v) is 4.70. The third-order valence-electron chi connectivity index (χ3n) is 3.26. The second kappa shape index (κ2) is 4.94. The van der Waals surface area contributed by atoms with Crippen molar-refractivity contribution >= 4 is 11.6 Å². The number of hydrogen-bond acceptors (Lipinski definition) is 4. The van der Waals surface area contributed by atoms with Crippen LogP contribution in [-0.2, 0) is 4.79 Å². The van der Waals surface area contributed by atoms with E-state index in [2.05, 4.69) is 15.6 Å². The summed E-state index contributed by atoms with van der Waals surface area (Å²) in [7, 11) is 1.77. The number of amides is 1. The molecule has 2 aromatic rings. The van der Waals surface area contributed by atoms with Crippen LogP contribution in [0.25, 0.3) is 0 Å². The van der Waals surface area contributed by atoms with Gasteiger partial charge in [-0.2, -0.15) is 0 Å². The highest BCUT2D eigenvalue weighted by Gasteiger charge is 2.29. The van der Waals surface area contributed by atoms with Crippen LogP contribution >= 0.6 is 0 Å². The van der Waals surface area contributed by atoms with Crippen molar-refractivity contribution in [3.05, 3.63) is 47.8 Å². The number of carbonyl (C=O) groups excluding carboxylic acids is 1. The average Bonchev–Trinajstić information content (AvgIpc) is 2.76. The first-order chi connectivity index (χ1) is 9.67. The van der Waals surface area contributed by atoms with E-state index in [9.17, 15) is 4.79 Å². The first-order valence-electron chi connectivity index (χ1n) is 6.40. The lowest BCUT2D eigenvalue weighted by atomic mass is 10.1. The van der Waals surface area contributed by atoms with E-state index in [1.54, 1.807) is 13.2 Å². The lowest BCUT2D eigenvalue weighted by Crippen LogP contribution is -2.23. The summed E-state index contributed by atoms with van der Waals surface area (Å²) in [5.41, 5.74) is 2.66. The number of nitrogens with one attached hydrogen (secondary N) is 2. The van der Waals surface area contributed by atoms with E-state index in [0.29, 0.717) is 11.5 Å². The number of benzene rings is 1. The van der Waals surface area contributed by atoms with E-state index in [0.717, 1.165) is 16.9 Å². The van der Waals surface area contributed by atoms with E-state index in [1.165, 1.54) is 0 Å². The molecule has 0 saturated heterocycles. The van der Waals surface area contributed by atoms with Gasteiger partial charge in [0.05, 0.1) is 6.20 Å². The molecule has 1 amide bonds. The summed E-state index contributed by atoms with van der Waals surface area (Å²) in [6.45, 7) is 1.92. The van der Waals surface area contributed by atoms with Gasteiger partial charge in [-0.3, -0.25) is 9.78 Å². The zero-order valence-electron chi connectivity index (χ0n) is 11.3. The van der Waals surface area contributed by atoms with Gasteiger partial charge in [-0.05, 0) is 32.2 Å². The maximum Gasteiger partial charge on any atom is 0.246 e. The number of likely N-dealkylation sites (N-methyl/N-ethyl adjacent to an activating group) is 1. The summed E-state index contributed by atoms with van der Waals surface area (Å²) in [5, 5.41) is 5.82. The highest BCUT2D eigenvalue weighted by atomic mass is 16.5. The van der Waals surface area contributed by atoms with Gasteiger partial charge in [0.1, 0.15) is 17.5 Å². The summed E-state index contributed by atoms with van der Waals surface area (Å²) in [4.78, 5) is 15.9. The van der Waals surface area contributed by atoms with Gasteiger partial charge in [0, 0.05) is 23.0 Å². The minimum atomic E-state index is -0.292. The number of pyridine rings is 1. The lowest BCUT2D eigenvalue weighted by molar-refractivity contribution is -0.117. The van der Waals surface area contributed by atoms with Gasteiger partial charge in [0.15, 0.2) is 0 Å². The van der Waals surface area contributed by atoms with Gasteiger partial charge < -0.3 is 15.4 Å². The molecular weight excluding hydrogens is 254 g/mol. The van der Waals surface area contributed by atoms with Crippen LogP contribution in [0.1, 0.15) is 17.3 Å². The summed E-state index contributed by atoms with van der Waals surface area (Å²) < 4.78 is 5.73. The highest BCUT2D eigenvalue weighted by molar-refractivity contribution is 6.02. The molecule has 0 bridgehead atoms. The third-order valence-corrected chi connectivity index (χ3v) is 3.26. The van der Waals surface area contributed by atoms with Gasteiger partial charge in [0.2, 0.25) is 5.91 Å². The topological polar surface area (TPSA) is 63.2 Å². The number of hydrogen-bond donors (Lipinski definition) is 2. The summed E-state index contributed by atoms with van der Waals surface area (Å²) in [5.74, 6) is 1.30. The van der Waals surface area contributed by atoms with Crippen molar-refractivity contribution in [2.45, 2.75) is 13.0 Å². The number of ether oxygens (including phenoxy) is 1. The molecule has 102 valence electrons. The molecule has 0 fully saturated rings. The minimum absolute atomic E-state index is 0.0448. The van der Waals surface area contributed by atoms with Crippen LogP contribution in [0.15, 0.2) is 36.5 Å². The normalized spacial score (nSPS) is 16.7. The summed E-state index contributed by atoms with van der Waals surface area (Å²) in [6.07, 6.45) is 1.68. The van der Waals surface area contributed by atoms with Crippen LogP contribution < -0.4 is 15.4 Å². The molecule has 1 aliphatic rings. The Labute approximate surface area is 117 Å². The van der Waals surface area contributed by atoms with Crippen LogP contribution in [0.5, 0.6) is 11.5 Å². The van der Waals surface area contributed by atoms with Gasteiger partial charge >= 0.3 is 0 Å². The molecule has 0 saturated carbocycles. The number of aromatic nitrogens is 1. The molecule has 2 heterocycles. The zero-order valence-corrected chi connectivity index (χ0v) is 11.3. The van der Waals surface area contributed by atoms with E-state index in [4.69, 9.17) is 4.74 Å². The quantitative estimate of drug-likeness (QED) is 0.898. The predicted molar refractivity (Wildman–Crippen MR) is 75.9 cm³/mol. The standard InChI is InChI=1S/C15H15N3O2/c1-9-3-4-11(8-17-9)20-10-5-6-12-13(7-10)18-15(19)14(12)16-2/h3-8,14,16H,1-2H3,(H,18,19). The Bertz CT molecular complexity index is 653. The van der Waals surface area contributed by atoms with Gasteiger partial charge in [-0.1, -0.05) is 6.07 Å². The Morgan fingerprint density at radius 1 is 1.25 bits per heavy atom. The molecule has 3 rings (SSSR count). The molecule has 1 aliphatic heterocycles. The van der Waals surface area contributed by atoms with E-state index >= 15 is 0 Å². The van der Waals surface area contributed by atoms with Crippen LogP contribution in [-0.4, -0.2) is 17.9 Å². The molecule has 0 spiro atoms. The first kappa shape index (κ1) is 12.6. The fourth-order valence-electron chi connectivity index (χ4n) is 2.24. The van der Waals surface area contributed by atoms with Crippen LogP contribution in [0.3, 0.4) is 0 Å². The number of nitrogens with zero attached hydrogens (tertiary/aromatic N) is 1. The molecule has 2 N–H and O–H groups in total. The van der Waals surface area contributed by atoms with Crippen molar-refractivity contribution in [2.75, 3.05) is 12.4 Å². The number of rotatable bonds is 3. The van der Waals surface area contributed by atoms with E-state index < -0.39 is 0 Å². The van der Waals surface area contributed by atoms with Crippen molar-refractivity contribution in [3.8, 4) is 11.5 Å². The Morgan fingerprint density at radius 3 is 2.75 bits per heavy atom. The zero-order chi connectivity index (χ0) is 14.1. The smallest absolute Gasteiger partial charge is 0.246 e. The largest absolute Gasteiger partial charge is 0.456 e. The SMILES string of the molecule is CNC1C(=O)Nc2cc(Oc3ccc(C)nc3)ccc21. The molecule has 20 heavy (non-hydrogen) atoms. The third kappa shape index (κ3) is 2.23. The van der Waals surface area contributed by atoms with Crippen molar-refractivity contribution in [3.63, 3.8) is 0 Å². The monoisotopic (exact) mass is 269 g/mol. The van der Waals surface area contributed by atoms with E-state index in [-0.39, 0.29) is 11.9 Å². The molecule has 0 aliphatic carbocycles. The molecule has 1 unspecified atom stereocenters. The maximum atomic E-state index is 11.7. The van der Waals surface area contributed by atoms with Crippen LogP contribution in [0, 0.1) is 6.92 Å². The van der Waals surface area contributed by atoms with Crippen LogP contribution in [0.4, 0.5) is 5.69 Å². The fourth-order valence-corrected chi connectivity index (χ4v) is 2.24. The Morgan fingerprint density at radius 2 is 2.05 bits per heavy atom. The van der Waals surface area contributed by atoms with Gasteiger partial charge in [-0.25, -0.2) is 0 Å². The van der Waals surface area contributed by atoms with Gasteiger partial charge in [-0.15, -0.1) is 0 Å². The van der Waals surface area contributed by atoms with Crippen molar-refractivity contribution < 1.29 is 9.53 Å². The maximum absolute atomic E-state index is 11.7. The molecule has 1 aromatic carbocycles. The number of anilines is 1. The summed E-state index contributed by atoms with van der Waals surface area (Å²) in [6, 6.07) is 9.03. The Hall–Kier alpha value is -2.40. The van der Waals surface area contributed by atoms with Gasteiger partial charge in [0.25, 0.3) is 0 Å². The molecule has 5 nitrogen and oxygen atoms in total. The lowest BCUT2D eigenvalue weighted by Gasteiger charge is -2.09. The Kier molecular flexibility index (Phi) is 3.12. The molecule has 1 atom stereocenters. The molecule has 5 heteroatoms. The number of aryl methyl sites for hydroxylation is 1. The number of fused-ring (bicyclic) bond motifs is 1. The average molecular weight is 269 g/mol. The second-order valence-electron chi connectivity index (χ2n) is 4.70. The van der Waals surface area contributed by atoms with Crippen LogP contribution in [0.2, 0.25) is 0 Å². The predicted octanol–water partition coefficient (Wildman–Crippen LogP) is 2.39. The minimum Gasteiger partial charge on any atom is -0.456 e. The van der Waals surface area contributed by atoms with Crippen molar-refractivity contribution in [2.24, 2.45) is 0 Å². The molecular formula is C15H15N3O2. The summed E-state index contributed by atoms with van der Waals surface area (Å²) >= 11 is 0. The molecule has 0 radical (unpaired) electrons. The fraction of sp³-hybridized carbons (Fsp3) is 0.200. The number of carbonyl (C=O) groups is 1. The van der Waals surface area contributed by atoms with Crippen molar-refractivity contribution in [1.29, 1.82) is 0 Å². The Balaban J connectivity index is 1.85. The highest BCUT2D eigenvalue weighted by Crippen LogP contribution is 2.34.